The van der Waals surface area contributed by atoms with Gasteiger partial charge in [-0.3, -0.25) is 9.36 Å². The maximum Gasteiger partial charge on any atom is 0.234 e. The van der Waals surface area contributed by atoms with E-state index in [2.05, 4.69) is 42.3 Å². The lowest BCUT2D eigenvalue weighted by atomic mass is 10.1. The van der Waals surface area contributed by atoms with Crippen LogP contribution >= 0.6 is 11.8 Å². The number of nitrogens with one attached hydrogen (secondary N) is 1. The number of nitrogens with zero attached hydrogens (tertiary/aromatic N) is 3. The molecular formula is C22H26N4OS. The molecular weight excluding hydrogens is 368 g/mol. The van der Waals surface area contributed by atoms with Crippen molar-refractivity contribution in [1.29, 1.82) is 0 Å². The molecule has 3 aromatic rings. The minimum absolute atomic E-state index is 0.0405. The van der Waals surface area contributed by atoms with Crippen LogP contribution in [0.4, 0.5) is 11.4 Å². The summed E-state index contributed by atoms with van der Waals surface area (Å²) in [4.78, 5) is 18.9. The monoisotopic (exact) mass is 394 g/mol. The molecule has 2 aromatic carbocycles. The first-order valence-electron chi connectivity index (χ1n) is 9.17. The molecule has 1 heterocycles. The van der Waals surface area contributed by atoms with Crippen LogP contribution in [0.1, 0.15) is 16.7 Å². The van der Waals surface area contributed by atoms with E-state index < -0.39 is 0 Å². The second-order valence-corrected chi connectivity index (χ2v) is 7.97. The maximum absolute atomic E-state index is 12.5. The van der Waals surface area contributed by atoms with Crippen molar-refractivity contribution in [3.63, 3.8) is 0 Å². The van der Waals surface area contributed by atoms with E-state index in [0.29, 0.717) is 5.75 Å². The van der Waals surface area contributed by atoms with Crippen LogP contribution in [0.15, 0.2) is 53.9 Å². The highest BCUT2D eigenvalue weighted by molar-refractivity contribution is 7.99. The van der Waals surface area contributed by atoms with Crippen LogP contribution in [-0.4, -0.2) is 35.3 Å². The number of amides is 1. The zero-order valence-electron chi connectivity index (χ0n) is 17.0. The first kappa shape index (κ1) is 20.0. The van der Waals surface area contributed by atoms with Gasteiger partial charge in [-0.25, -0.2) is 4.98 Å². The minimum atomic E-state index is -0.0405. The molecule has 1 aromatic heterocycles. The minimum Gasteiger partial charge on any atom is -0.378 e. The van der Waals surface area contributed by atoms with Crippen molar-refractivity contribution in [2.45, 2.75) is 25.9 Å². The summed E-state index contributed by atoms with van der Waals surface area (Å²) in [6, 6.07) is 12.2. The fourth-order valence-electron chi connectivity index (χ4n) is 2.96. The average molecular weight is 395 g/mol. The Morgan fingerprint density at radius 3 is 2.64 bits per heavy atom. The molecule has 0 aliphatic heterocycles. The Morgan fingerprint density at radius 2 is 1.93 bits per heavy atom. The Bertz CT molecular complexity index is 994. The van der Waals surface area contributed by atoms with Crippen LogP contribution in [0.25, 0.3) is 5.69 Å². The highest BCUT2D eigenvalue weighted by Crippen LogP contribution is 2.25. The summed E-state index contributed by atoms with van der Waals surface area (Å²) in [6.07, 6.45) is 3.71. The van der Waals surface area contributed by atoms with Crippen molar-refractivity contribution in [3.8, 4) is 5.69 Å². The summed E-state index contributed by atoms with van der Waals surface area (Å²) < 4.78 is 2.04. The first-order chi connectivity index (χ1) is 13.4. The molecule has 0 fully saturated rings. The molecule has 1 N–H and O–H groups in total. The van der Waals surface area contributed by atoms with Crippen molar-refractivity contribution < 1.29 is 4.79 Å². The molecule has 5 nitrogen and oxygen atoms in total. The number of thioether (sulfide) groups is 1. The summed E-state index contributed by atoms with van der Waals surface area (Å²) in [6.45, 7) is 6.20. The Balaban J connectivity index is 1.68. The van der Waals surface area contributed by atoms with Gasteiger partial charge in [0.1, 0.15) is 0 Å². The molecule has 0 saturated carbocycles. The fraction of sp³-hybridized carbons (Fsp3) is 0.273. The number of aromatic nitrogens is 2. The summed E-state index contributed by atoms with van der Waals surface area (Å²) in [5, 5.41) is 3.81. The highest BCUT2D eigenvalue weighted by Gasteiger charge is 2.12. The normalized spacial score (nSPS) is 10.8. The number of carbonyl (C=O) groups is 1. The van der Waals surface area contributed by atoms with Gasteiger partial charge in [-0.1, -0.05) is 23.9 Å². The fourth-order valence-corrected chi connectivity index (χ4v) is 3.73. The quantitative estimate of drug-likeness (QED) is 0.621. The van der Waals surface area contributed by atoms with Gasteiger partial charge < -0.3 is 10.2 Å². The number of imidazole rings is 1. The zero-order valence-corrected chi connectivity index (χ0v) is 17.8. The standard InChI is InChI=1S/C22H26N4OS/c1-15-7-6-8-20(17(15)3)26-12-11-23-22(26)28-14-21(27)24-19-10-9-18(25(4)5)13-16(19)2/h6-13H,14H2,1-5H3,(H,24,27). The van der Waals surface area contributed by atoms with E-state index in [0.717, 1.165) is 27.8 Å². The van der Waals surface area contributed by atoms with E-state index in [9.17, 15) is 4.79 Å². The second-order valence-electron chi connectivity index (χ2n) is 7.03. The SMILES string of the molecule is Cc1cc(N(C)C)ccc1NC(=O)CSc1nccn1-c1cccc(C)c1C. The predicted molar refractivity (Wildman–Crippen MR) is 118 cm³/mol. The van der Waals surface area contributed by atoms with Crippen molar-refractivity contribution in [3.05, 3.63) is 65.5 Å². The lowest BCUT2D eigenvalue weighted by Gasteiger charge is -2.15. The molecule has 146 valence electrons. The van der Waals surface area contributed by atoms with E-state index in [1.165, 1.54) is 22.9 Å². The third-order valence-electron chi connectivity index (χ3n) is 4.78. The van der Waals surface area contributed by atoms with Crippen molar-refractivity contribution in [2.75, 3.05) is 30.1 Å². The Labute approximate surface area is 170 Å². The molecule has 0 aliphatic rings. The maximum atomic E-state index is 12.5. The lowest BCUT2D eigenvalue weighted by Crippen LogP contribution is -2.16. The smallest absolute Gasteiger partial charge is 0.234 e. The van der Waals surface area contributed by atoms with E-state index in [1.54, 1.807) is 6.20 Å². The molecule has 0 unspecified atom stereocenters. The van der Waals surface area contributed by atoms with E-state index in [1.807, 2.05) is 54.9 Å². The molecule has 0 aliphatic carbocycles. The number of anilines is 2. The van der Waals surface area contributed by atoms with Gasteiger partial charge in [0, 0.05) is 37.9 Å². The summed E-state index contributed by atoms with van der Waals surface area (Å²) in [5.41, 5.74) is 6.53. The van der Waals surface area contributed by atoms with Crippen LogP contribution in [0.5, 0.6) is 0 Å². The number of rotatable bonds is 6. The van der Waals surface area contributed by atoms with Gasteiger partial charge in [-0.2, -0.15) is 0 Å². The van der Waals surface area contributed by atoms with Gasteiger partial charge in [0.05, 0.1) is 11.4 Å². The summed E-state index contributed by atoms with van der Waals surface area (Å²) in [5.74, 6) is 0.262. The van der Waals surface area contributed by atoms with Crippen LogP contribution in [0.3, 0.4) is 0 Å². The second kappa shape index (κ2) is 8.52. The van der Waals surface area contributed by atoms with Gasteiger partial charge in [0.15, 0.2) is 5.16 Å². The van der Waals surface area contributed by atoms with Gasteiger partial charge in [0.2, 0.25) is 5.91 Å². The molecule has 0 radical (unpaired) electrons. The van der Waals surface area contributed by atoms with E-state index in [-0.39, 0.29) is 5.91 Å². The largest absolute Gasteiger partial charge is 0.378 e. The zero-order chi connectivity index (χ0) is 20.3. The summed E-state index contributed by atoms with van der Waals surface area (Å²) >= 11 is 1.44. The van der Waals surface area contributed by atoms with Crippen LogP contribution in [0.2, 0.25) is 0 Å². The van der Waals surface area contributed by atoms with Crippen molar-refractivity contribution in [1.82, 2.24) is 9.55 Å². The Hall–Kier alpha value is -2.73. The van der Waals surface area contributed by atoms with Crippen LogP contribution in [0, 0.1) is 20.8 Å². The van der Waals surface area contributed by atoms with E-state index >= 15 is 0 Å². The molecule has 3 rings (SSSR count). The molecule has 28 heavy (non-hydrogen) atoms. The number of hydrogen-bond acceptors (Lipinski definition) is 4. The molecule has 0 saturated heterocycles. The predicted octanol–water partition coefficient (Wildman–Crippen LogP) is 4.59. The lowest BCUT2D eigenvalue weighted by molar-refractivity contribution is -0.113. The Kier molecular flexibility index (Phi) is 6.09. The van der Waals surface area contributed by atoms with Crippen molar-refractivity contribution >= 4 is 29.0 Å². The number of benzene rings is 2. The molecule has 6 heteroatoms. The number of carbonyl (C=O) groups excluding carboxylic acids is 1. The van der Waals surface area contributed by atoms with Crippen molar-refractivity contribution in [2.24, 2.45) is 0 Å². The van der Waals surface area contributed by atoms with Gasteiger partial charge in [0.25, 0.3) is 0 Å². The van der Waals surface area contributed by atoms with E-state index in [4.69, 9.17) is 0 Å². The molecule has 0 bridgehead atoms. The number of hydrogen-bond donors (Lipinski definition) is 1. The molecule has 1 amide bonds. The molecule has 0 atom stereocenters. The Morgan fingerprint density at radius 1 is 1.14 bits per heavy atom. The van der Waals surface area contributed by atoms with Crippen LogP contribution < -0.4 is 10.2 Å². The first-order valence-corrected chi connectivity index (χ1v) is 10.2. The average Bonchev–Trinajstić information content (AvgIpc) is 3.12. The summed E-state index contributed by atoms with van der Waals surface area (Å²) in [7, 11) is 4.00. The third kappa shape index (κ3) is 4.39. The number of aryl methyl sites for hydroxylation is 2. The van der Waals surface area contributed by atoms with Crippen LogP contribution in [-0.2, 0) is 4.79 Å². The molecule has 0 spiro atoms. The third-order valence-corrected chi connectivity index (χ3v) is 5.74. The van der Waals surface area contributed by atoms with Gasteiger partial charge in [-0.05, 0) is 61.7 Å². The highest BCUT2D eigenvalue weighted by atomic mass is 32.2. The topological polar surface area (TPSA) is 50.2 Å². The van der Waals surface area contributed by atoms with Gasteiger partial charge >= 0.3 is 0 Å². The van der Waals surface area contributed by atoms with Gasteiger partial charge in [-0.15, -0.1) is 0 Å².